The molecule has 0 N–H and O–H groups in total. The standard InChI is InChI=1S/C8H3Cl3F14Si/c9-26(10,11)2(12)1-3(13,14)4(15,16)5(17,18)6(19,20)7(21,22)8(23,24)25/h2H,1H2. The summed E-state index contributed by atoms with van der Waals surface area (Å²) in [7, 11) is 0. The zero-order valence-electron chi connectivity index (χ0n) is 11.2. The Morgan fingerprint density at radius 2 is 0.885 bits per heavy atom. The topological polar surface area (TPSA) is 0 Å². The van der Waals surface area contributed by atoms with Crippen LogP contribution in [0.2, 0.25) is 0 Å². The average Bonchev–Trinajstić information content (AvgIpc) is 2.34. The van der Waals surface area contributed by atoms with E-state index in [2.05, 4.69) is 0 Å². The fraction of sp³-hybridized carbons (Fsp3) is 1.00. The highest BCUT2D eigenvalue weighted by molar-refractivity contribution is 7.65. The molecule has 0 aliphatic rings. The van der Waals surface area contributed by atoms with Gasteiger partial charge in [-0.2, -0.15) is 57.1 Å². The summed E-state index contributed by atoms with van der Waals surface area (Å²) in [5.41, 5.74) is 0. The van der Waals surface area contributed by atoms with Crippen LogP contribution in [0.25, 0.3) is 0 Å². The number of halogens is 17. The largest absolute Gasteiger partial charge is 0.460 e. The average molecular weight is 500 g/mol. The predicted molar refractivity (Wildman–Crippen MR) is 63.6 cm³/mol. The normalized spacial score (nSPS) is 17.4. The first-order valence-corrected chi connectivity index (χ1v) is 10.7. The first kappa shape index (κ1) is 26.1. The number of rotatable bonds is 7. The summed E-state index contributed by atoms with van der Waals surface area (Å²) in [6.07, 6.45) is -10.7. The molecule has 0 aromatic carbocycles. The van der Waals surface area contributed by atoms with Crippen LogP contribution < -0.4 is 0 Å². The van der Waals surface area contributed by atoms with Gasteiger partial charge in [-0.1, -0.05) is 0 Å². The van der Waals surface area contributed by atoms with Gasteiger partial charge in [0.15, 0.2) is 0 Å². The molecule has 0 nitrogen and oxygen atoms in total. The fourth-order valence-corrected chi connectivity index (χ4v) is 2.45. The van der Waals surface area contributed by atoms with Gasteiger partial charge in [0.1, 0.15) is 5.79 Å². The molecule has 0 bridgehead atoms. The van der Waals surface area contributed by atoms with Gasteiger partial charge in [-0.05, 0) is 0 Å². The van der Waals surface area contributed by atoms with Crippen molar-refractivity contribution in [3.8, 4) is 0 Å². The molecule has 0 aliphatic heterocycles. The Balaban J connectivity index is 6.17. The van der Waals surface area contributed by atoms with Gasteiger partial charge in [0, 0.05) is 0 Å². The second-order valence-corrected chi connectivity index (χ2v) is 13.5. The molecular weight excluding hydrogens is 497 g/mol. The Hall–Kier alpha value is 0.107. The first-order chi connectivity index (χ1) is 10.9. The summed E-state index contributed by atoms with van der Waals surface area (Å²) < 4.78 is 178. The molecule has 0 spiro atoms. The Bertz CT molecular complexity index is 509. The lowest BCUT2D eigenvalue weighted by Gasteiger charge is -2.40. The quantitative estimate of drug-likeness (QED) is 0.209. The summed E-state index contributed by atoms with van der Waals surface area (Å²) in [6.45, 7) is 0. The maximum atomic E-state index is 13.2. The molecule has 1 atom stereocenters. The lowest BCUT2D eigenvalue weighted by Crippen LogP contribution is -2.70. The molecule has 0 saturated carbocycles. The van der Waals surface area contributed by atoms with Gasteiger partial charge in [0.25, 0.3) is 0 Å². The van der Waals surface area contributed by atoms with Crippen molar-refractivity contribution in [2.75, 3.05) is 0 Å². The molecule has 26 heavy (non-hydrogen) atoms. The molecule has 158 valence electrons. The molecule has 0 aliphatic carbocycles. The van der Waals surface area contributed by atoms with Gasteiger partial charge in [0.05, 0.1) is 6.42 Å². The minimum Gasteiger partial charge on any atom is -0.247 e. The maximum Gasteiger partial charge on any atom is 0.460 e. The molecule has 0 amide bonds. The molecule has 0 heterocycles. The molecule has 0 fully saturated rings. The molecule has 0 saturated heterocycles. The Morgan fingerprint density at radius 1 is 0.577 bits per heavy atom. The van der Waals surface area contributed by atoms with Crippen LogP contribution in [0.4, 0.5) is 61.5 Å². The van der Waals surface area contributed by atoms with E-state index in [1.165, 1.54) is 0 Å². The van der Waals surface area contributed by atoms with Crippen molar-refractivity contribution in [3.63, 3.8) is 0 Å². The highest BCUT2D eigenvalue weighted by atomic mass is 35.8. The van der Waals surface area contributed by atoms with E-state index in [1.807, 2.05) is 0 Å². The molecule has 0 rings (SSSR count). The molecular formula is C8H3Cl3F14Si. The number of alkyl halides is 14. The van der Waals surface area contributed by atoms with E-state index in [0.29, 0.717) is 0 Å². The van der Waals surface area contributed by atoms with Crippen LogP contribution in [-0.4, -0.2) is 47.6 Å². The lowest BCUT2D eigenvalue weighted by molar-refractivity contribution is -0.440. The van der Waals surface area contributed by atoms with E-state index in [1.54, 1.807) is 0 Å². The van der Waals surface area contributed by atoms with E-state index >= 15 is 0 Å². The minimum absolute atomic E-state index is 3.16. The van der Waals surface area contributed by atoms with Gasteiger partial charge in [-0.25, -0.2) is 4.39 Å². The summed E-state index contributed by atoms with van der Waals surface area (Å²) in [5, 5.41) is 0. The van der Waals surface area contributed by atoms with Gasteiger partial charge < -0.3 is 0 Å². The summed E-state index contributed by atoms with van der Waals surface area (Å²) in [5.74, 6) is -41.7. The van der Waals surface area contributed by atoms with Gasteiger partial charge in [-0.15, -0.1) is 33.2 Å². The number of hydrogen-bond acceptors (Lipinski definition) is 0. The predicted octanol–water partition coefficient (Wildman–Crippen LogP) is 6.65. The third-order valence-corrected chi connectivity index (χ3v) is 5.83. The third kappa shape index (κ3) is 4.09. The smallest absolute Gasteiger partial charge is 0.247 e. The molecule has 0 aromatic heterocycles. The van der Waals surface area contributed by atoms with Crippen LogP contribution in [0.5, 0.6) is 0 Å². The Kier molecular flexibility index (Phi) is 6.89. The van der Waals surface area contributed by atoms with Crippen molar-refractivity contribution in [1.29, 1.82) is 0 Å². The molecule has 0 radical (unpaired) electrons. The van der Waals surface area contributed by atoms with Gasteiger partial charge >= 0.3 is 41.8 Å². The van der Waals surface area contributed by atoms with Crippen molar-refractivity contribution in [3.05, 3.63) is 0 Å². The zero-order valence-corrected chi connectivity index (χ0v) is 14.5. The third-order valence-electron chi connectivity index (χ3n) is 2.79. The molecule has 0 aromatic rings. The van der Waals surface area contributed by atoms with E-state index in [-0.39, 0.29) is 0 Å². The van der Waals surface area contributed by atoms with Crippen LogP contribution in [0, 0.1) is 0 Å². The number of hydrogen-bond donors (Lipinski definition) is 0. The van der Waals surface area contributed by atoms with Crippen molar-refractivity contribution < 1.29 is 61.5 Å². The second-order valence-electron chi connectivity index (χ2n) is 4.71. The van der Waals surface area contributed by atoms with Crippen molar-refractivity contribution in [1.82, 2.24) is 0 Å². The SMILES string of the molecule is FC(CC(F)(F)C(F)(F)C(F)(F)C(F)(F)C(F)(F)C(F)(F)F)[Si](Cl)(Cl)Cl. The van der Waals surface area contributed by atoms with Gasteiger partial charge in [0.2, 0.25) is 0 Å². The second kappa shape index (κ2) is 6.86. The van der Waals surface area contributed by atoms with Crippen molar-refractivity contribution in [2.45, 2.75) is 48.0 Å². The van der Waals surface area contributed by atoms with Gasteiger partial charge in [-0.3, -0.25) is 0 Å². The highest BCUT2D eigenvalue weighted by Gasteiger charge is 2.90. The van der Waals surface area contributed by atoms with Crippen LogP contribution >= 0.6 is 33.2 Å². The van der Waals surface area contributed by atoms with Crippen LogP contribution in [0.3, 0.4) is 0 Å². The van der Waals surface area contributed by atoms with E-state index < -0.39 is 54.0 Å². The van der Waals surface area contributed by atoms with Crippen molar-refractivity contribution >= 4 is 39.2 Å². The fourth-order valence-electron chi connectivity index (χ4n) is 1.27. The van der Waals surface area contributed by atoms with Crippen molar-refractivity contribution in [2.24, 2.45) is 0 Å². The minimum atomic E-state index is -8.05. The monoisotopic (exact) mass is 498 g/mol. The summed E-state index contributed by atoms with van der Waals surface area (Å²) >= 11 is 14.4. The molecule has 1 unspecified atom stereocenters. The first-order valence-electron chi connectivity index (χ1n) is 5.54. The van der Waals surface area contributed by atoms with Crippen LogP contribution in [0.15, 0.2) is 0 Å². The lowest BCUT2D eigenvalue weighted by atomic mass is 9.93. The maximum absolute atomic E-state index is 13.2. The van der Waals surface area contributed by atoms with Crippen LogP contribution in [0.1, 0.15) is 6.42 Å². The van der Waals surface area contributed by atoms with E-state index in [9.17, 15) is 61.5 Å². The summed E-state index contributed by atoms with van der Waals surface area (Å²) in [6, 6.07) is -4.94. The highest BCUT2D eigenvalue weighted by Crippen LogP contribution is 2.61. The van der Waals surface area contributed by atoms with Crippen LogP contribution in [-0.2, 0) is 0 Å². The van der Waals surface area contributed by atoms with E-state index in [4.69, 9.17) is 33.2 Å². The molecule has 18 heteroatoms. The van der Waals surface area contributed by atoms with E-state index in [0.717, 1.165) is 0 Å². The Morgan fingerprint density at radius 3 is 1.15 bits per heavy atom. The zero-order chi connectivity index (χ0) is 21.8. The summed E-state index contributed by atoms with van der Waals surface area (Å²) in [4.78, 5) is 0. The Labute approximate surface area is 149 Å².